The number of hydrogen-bond donors (Lipinski definition) is 2. The van der Waals surface area contributed by atoms with Gasteiger partial charge in [0, 0.05) is 16.8 Å². The zero-order chi connectivity index (χ0) is 11.8. The third-order valence-electron chi connectivity index (χ3n) is 2.65. The number of nitrogens with one attached hydrogen (secondary N) is 2. The number of methoxy groups -OCH3 is 1. The van der Waals surface area contributed by atoms with E-state index in [0.29, 0.717) is 5.56 Å². The Morgan fingerprint density at radius 3 is 2.82 bits per heavy atom. The standard InChI is InChI=1S/C12H10N2O2S/c1-16-7-2-3-9-10(4-7)14-12(15)8-5-17-6-11(8)13-9/h2-6,13H,1H3,(H,14,15). The lowest BCUT2D eigenvalue weighted by atomic mass is 10.2. The Labute approximate surface area is 102 Å². The van der Waals surface area contributed by atoms with E-state index in [1.54, 1.807) is 13.2 Å². The van der Waals surface area contributed by atoms with Gasteiger partial charge in [-0.05, 0) is 12.1 Å². The van der Waals surface area contributed by atoms with Crippen LogP contribution in [0.15, 0.2) is 29.0 Å². The van der Waals surface area contributed by atoms with Gasteiger partial charge >= 0.3 is 0 Å². The summed E-state index contributed by atoms with van der Waals surface area (Å²) in [5, 5.41) is 9.86. The average Bonchev–Trinajstić information content (AvgIpc) is 2.75. The van der Waals surface area contributed by atoms with Crippen molar-refractivity contribution in [2.24, 2.45) is 0 Å². The van der Waals surface area contributed by atoms with Gasteiger partial charge < -0.3 is 15.4 Å². The number of anilines is 3. The molecular weight excluding hydrogens is 236 g/mol. The fourth-order valence-corrected chi connectivity index (χ4v) is 2.53. The molecule has 0 aliphatic carbocycles. The van der Waals surface area contributed by atoms with Gasteiger partial charge in [-0.15, -0.1) is 11.3 Å². The number of carbonyl (C=O) groups excluding carboxylic acids is 1. The Morgan fingerprint density at radius 2 is 2.00 bits per heavy atom. The average molecular weight is 246 g/mol. The Kier molecular flexibility index (Phi) is 2.26. The van der Waals surface area contributed by atoms with Crippen LogP contribution < -0.4 is 15.4 Å². The van der Waals surface area contributed by atoms with E-state index in [4.69, 9.17) is 4.74 Å². The maximum absolute atomic E-state index is 11.9. The largest absolute Gasteiger partial charge is 0.497 e. The van der Waals surface area contributed by atoms with E-state index >= 15 is 0 Å². The molecule has 0 atom stereocenters. The van der Waals surface area contributed by atoms with Gasteiger partial charge in [0.05, 0.1) is 29.7 Å². The second kappa shape index (κ2) is 3.78. The molecule has 0 unspecified atom stereocenters. The zero-order valence-electron chi connectivity index (χ0n) is 9.11. The van der Waals surface area contributed by atoms with Crippen molar-refractivity contribution >= 4 is 34.3 Å². The molecule has 0 fully saturated rings. The van der Waals surface area contributed by atoms with E-state index < -0.39 is 0 Å². The highest BCUT2D eigenvalue weighted by Crippen LogP contribution is 2.35. The smallest absolute Gasteiger partial charge is 0.258 e. The highest BCUT2D eigenvalue weighted by molar-refractivity contribution is 7.08. The molecule has 86 valence electrons. The van der Waals surface area contributed by atoms with Crippen molar-refractivity contribution in [2.75, 3.05) is 17.7 Å². The van der Waals surface area contributed by atoms with Gasteiger partial charge in [0.15, 0.2) is 0 Å². The van der Waals surface area contributed by atoms with Gasteiger partial charge in [0.2, 0.25) is 0 Å². The molecule has 2 N–H and O–H groups in total. The van der Waals surface area contributed by atoms with Crippen molar-refractivity contribution in [3.05, 3.63) is 34.5 Å². The summed E-state index contributed by atoms with van der Waals surface area (Å²) in [5.41, 5.74) is 3.12. The lowest BCUT2D eigenvalue weighted by Crippen LogP contribution is -2.09. The summed E-state index contributed by atoms with van der Waals surface area (Å²) >= 11 is 1.50. The van der Waals surface area contributed by atoms with Crippen molar-refractivity contribution in [1.82, 2.24) is 0 Å². The zero-order valence-corrected chi connectivity index (χ0v) is 9.93. The van der Waals surface area contributed by atoms with Crippen molar-refractivity contribution in [3.8, 4) is 5.75 Å². The number of rotatable bonds is 1. The normalized spacial score (nSPS) is 12.9. The molecule has 17 heavy (non-hydrogen) atoms. The Balaban J connectivity index is 2.10. The number of fused-ring (bicyclic) bond motifs is 2. The Morgan fingerprint density at radius 1 is 1.12 bits per heavy atom. The van der Waals surface area contributed by atoms with Gasteiger partial charge in [-0.2, -0.15) is 0 Å². The molecule has 1 aliphatic heterocycles. The quantitative estimate of drug-likeness (QED) is 0.813. The van der Waals surface area contributed by atoms with Crippen LogP contribution in [0.2, 0.25) is 0 Å². The van der Waals surface area contributed by atoms with Crippen molar-refractivity contribution < 1.29 is 9.53 Å². The maximum atomic E-state index is 11.9. The van der Waals surface area contributed by atoms with Gasteiger partial charge in [-0.3, -0.25) is 4.79 Å². The lowest BCUT2D eigenvalue weighted by Gasteiger charge is -2.09. The van der Waals surface area contributed by atoms with Crippen LogP contribution in [0, 0.1) is 0 Å². The monoisotopic (exact) mass is 246 g/mol. The van der Waals surface area contributed by atoms with E-state index in [-0.39, 0.29) is 5.91 Å². The fourth-order valence-electron chi connectivity index (χ4n) is 1.77. The molecule has 1 amide bonds. The molecule has 0 saturated carbocycles. The summed E-state index contributed by atoms with van der Waals surface area (Å²) < 4.78 is 5.14. The fraction of sp³-hybridized carbons (Fsp3) is 0.0833. The number of hydrogen-bond acceptors (Lipinski definition) is 4. The Bertz CT molecular complexity index is 592. The molecule has 0 spiro atoms. The van der Waals surface area contributed by atoms with Gasteiger partial charge in [0.25, 0.3) is 5.91 Å². The first-order chi connectivity index (χ1) is 8.28. The minimum absolute atomic E-state index is 0.0965. The van der Waals surface area contributed by atoms with E-state index in [1.807, 2.05) is 22.9 Å². The summed E-state index contributed by atoms with van der Waals surface area (Å²) in [6.07, 6.45) is 0. The highest BCUT2D eigenvalue weighted by Gasteiger charge is 2.19. The summed E-state index contributed by atoms with van der Waals surface area (Å²) in [6.45, 7) is 0. The number of benzene rings is 1. The summed E-state index contributed by atoms with van der Waals surface area (Å²) in [5.74, 6) is 0.621. The molecule has 0 radical (unpaired) electrons. The molecule has 4 nitrogen and oxygen atoms in total. The van der Waals surface area contributed by atoms with Crippen LogP contribution in [0.1, 0.15) is 10.4 Å². The van der Waals surface area contributed by atoms with Crippen LogP contribution >= 0.6 is 11.3 Å². The minimum Gasteiger partial charge on any atom is -0.497 e. The molecule has 2 aromatic rings. The van der Waals surface area contributed by atoms with Crippen molar-refractivity contribution in [2.45, 2.75) is 0 Å². The lowest BCUT2D eigenvalue weighted by molar-refractivity contribution is 0.102. The molecular formula is C12H10N2O2S. The predicted molar refractivity (Wildman–Crippen MR) is 68.5 cm³/mol. The third-order valence-corrected chi connectivity index (χ3v) is 3.39. The molecule has 0 bridgehead atoms. The Hall–Kier alpha value is -2.01. The third kappa shape index (κ3) is 1.64. The summed E-state index contributed by atoms with van der Waals surface area (Å²) in [4.78, 5) is 11.9. The number of ether oxygens (including phenoxy) is 1. The first kappa shape index (κ1) is 10.2. The van der Waals surface area contributed by atoms with Crippen LogP contribution in [0.3, 0.4) is 0 Å². The van der Waals surface area contributed by atoms with E-state index in [2.05, 4.69) is 10.6 Å². The van der Waals surface area contributed by atoms with Gasteiger partial charge in [-0.25, -0.2) is 0 Å². The SMILES string of the molecule is COc1ccc2c(c1)NC(=O)c1cscc1N2. The van der Waals surface area contributed by atoms with E-state index in [1.165, 1.54) is 11.3 Å². The van der Waals surface area contributed by atoms with Crippen LogP contribution in [0.4, 0.5) is 17.1 Å². The van der Waals surface area contributed by atoms with Crippen molar-refractivity contribution in [3.63, 3.8) is 0 Å². The van der Waals surface area contributed by atoms with Gasteiger partial charge in [-0.1, -0.05) is 0 Å². The first-order valence-corrected chi connectivity index (χ1v) is 6.05. The highest BCUT2D eigenvalue weighted by atomic mass is 32.1. The summed E-state index contributed by atoms with van der Waals surface area (Å²) in [7, 11) is 1.60. The number of amides is 1. The van der Waals surface area contributed by atoms with Crippen LogP contribution in [0.25, 0.3) is 0 Å². The molecule has 1 aliphatic rings. The van der Waals surface area contributed by atoms with Crippen LogP contribution in [0.5, 0.6) is 5.75 Å². The molecule has 1 aromatic heterocycles. The van der Waals surface area contributed by atoms with Crippen molar-refractivity contribution in [1.29, 1.82) is 0 Å². The number of thiophene rings is 1. The van der Waals surface area contributed by atoms with Crippen LogP contribution in [-0.4, -0.2) is 13.0 Å². The minimum atomic E-state index is -0.0965. The van der Waals surface area contributed by atoms with E-state index in [9.17, 15) is 4.79 Å². The molecule has 1 aromatic carbocycles. The predicted octanol–water partition coefficient (Wildman–Crippen LogP) is 3.07. The second-order valence-corrected chi connectivity index (χ2v) is 4.43. The second-order valence-electron chi connectivity index (χ2n) is 3.69. The number of carbonyl (C=O) groups is 1. The molecule has 5 heteroatoms. The topological polar surface area (TPSA) is 50.4 Å². The van der Waals surface area contributed by atoms with Gasteiger partial charge in [0.1, 0.15) is 5.75 Å². The van der Waals surface area contributed by atoms with E-state index in [0.717, 1.165) is 22.8 Å². The maximum Gasteiger partial charge on any atom is 0.258 e. The molecule has 2 heterocycles. The summed E-state index contributed by atoms with van der Waals surface area (Å²) in [6, 6.07) is 5.55. The molecule has 3 rings (SSSR count). The van der Waals surface area contributed by atoms with Crippen LogP contribution in [-0.2, 0) is 0 Å². The first-order valence-electron chi connectivity index (χ1n) is 5.10. The molecule has 0 saturated heterocycles.